The average Bonchev–Trinajstić information content (AvgIpc) is 3.37. The number of aromatic nitrogens is 3. The van der Waals surface area contributed by atoms with Gasteiger partial charge in [-0.3, -0.25) is 20.2 Å². The van der Waals surface area contributed by atoms with Gasteiger partial charge in [-0.1, -0.05) is 0 Å². The number of hydrogen-bond donors (Lipinski definition) is 2. The third-order valence-corrected chi connectivity index (χ3v) is 6.25. The van der Waals surface area contributed by atoms with Gasteiger partial charge in [0.1, 0.15) is 11.6 Å². The number of allylic oxidation sites excluding steroid dienone is 1. The zero-order chi connectivity index (χ0) is 27.5. The summed E-state index contributed by atoms with van der Waals surface area (Å²) in [5, 5.41) is 29.4. The number of nitro groups is 1. The molecule has 0 radical (unpaired) electrons. The second-order valence-corrected chi connectivity index (χ2v) is 8.50. The second-order valence-electron chi connectivity index (χ2n) is 8.50. The van der Waals surface area contributed by atoms with Gasteiger partial charge in [0.05, 0.1) is 41.9 Å². The molecule has 2 aliphatic rings. The van der Waals surface area contributed by atoms with Crippen LogP contribution >= 0.6 is 0 Å². The molecule has 14 nitrogen and oxygen atoms in total. The Bertz CT molecular complexity index is 1490. The monoisotopic (exact) mass is 533 g/mol. The van der Waals surface area contributed by atoms with E-state index in [-0.39, 0.29) is 54.1 Å². The molecule has 4 heterocycles. The summed E-state index contributed by atoms with van der Waals surface area (Å²) < 4.78 is 22.1. The molecule has 1 fully saturated rings. The van der Waals surface area contributed by atoms with Crippen molar-refractivity contribution < 1.29 is 28.7 Å². The van der Waals surface area contributed by atoms with Crippen molar-refractivity contribution in [1.82, 2.24) is 20.1 Å². The van der Waals surface area contributed by atoms with Crippen LogP contribution in [0, 0.1) is 21.4 Å². The molecule has 0 saturated carbocycles. The number of benzene rings is 1. The van der Waals surface area contributed by atoms with Gasteiger partial charge in [-0.25, -0.2) is 4.79 Å². The van der Waals surface area contributed by atoms with Crippen molar-refractivity contribution in [3.05, 3.63) is 69.4 Å². The molecule has 1 saturated heterocycles. The summed E-state index contributed by atoms with van der Waals surface area (Å²) in [5.74, 6) is -1.37. The highest BCUT2D eigenvalue weighted by atomic mass is 16.6. The molecule has 1 atom stereocenters. The average molecular weight is 534 g/mol. The van der Waals surface area contributed by atoms with Gasteiger partial charge >= 0.3 is 11.8 Å². The number of morpholine rings is 1. The Morgan fingerprint density at radius 2 is 2.08 bits per heavy atom. The lowest BCUT2D eigenvalue weighted by Gasteiger charge is -2.27. The minimum atomic E-state index is -0.914. The van der Waals surface area contributed by atoms with Crippen molar-refractivity contribution in [2.24, 2.45) is 5.73 Å². The van der Waals surface area contributed by atoms with Crippen molar-refractivity contribution >= 4 is 11.8 Å². The van der Waals surface area contributed by atoms with E-state index in [1.165, 1.54) is 17.0 Å². The molecule has 39 heavy (non-hydrogen) atoms. The Labute approximate surface area is 221 Å². The van der Waals surface area contributed by atoms with Crippen molar-refractivity contribution in [3.63, 3.8) is 0 Å². The Hall–Kier alpha value is -5.16. The first-order valence-corrected chi connectivity index (χ1v) is 12.0. The molecule has 0 aliphatic carbocycles. The van der Waals surface area contributed by atoms with Crippen LogP contribution in [-0.4, -0.2) is 64.0 Å². The number of nitrogens with zero attached hydrogens (tertiary/aromatic N) is 5. The Morgan fingerprint density at radius 1 is 1.33 bits per heavy atom. The Morgan fingerprint density at radius 3 is 2.74 bits per heavy atom. The fraction of sp³-hybridized carbons (Fsp3) is 0.280. The highest BCUT2D eigenvalue weighted by Crippen LogP contribution is 2.49. The number of amides is 1. The van der Waals surface area contributed by atoms with E-state index in [0.717, 1.165) is 0 Å². The van der Waals surface area contributed by atoms with Crippen LogP contribution in [0.1, 0.15) is 24.0 Å². The van der Waals surface area contributed by atoms with E-state index in [0.29, 0.717) is 30.0 Å². The smallest absolute Gasteiger partial charge is 0.415 e. The quantitative estimate of drug-likeness (QED) is 0.350. The number of pyridine rings is 1. The summed E-state index contributed by atoms with van der Waals surface area (Å²) in [7, 11) is 0. The number of nitro benzene ring substituents is 1. The van der Waals surface area contributed by atoms with Crippen molar-refractivity contribution in [2.75, 3.05) is 32.9 Å². The van der Waals surface area contributed by atoms with E-state index in [1.807, 2.05) is 0 Å². The topological polar surface area (TPSA) is 192 Å². The fourth-order valence-corrected chi connectivity index (χ4v) is 4.49. The van der Waals surface area contributed by atoms with Crippen LogP contribution in [0.3, 0.4) is 0 Å². The van der Waals surface area contributed by atoms with E-state index < -0.39 is 22.6 Å². The first-order chi connectivity index (χ1) is 18.9. The number of carbonyl (C=O) groups is 1. The van der Waals surface area contributed by atoms with Crippen molar-refractivity contribution in [1.29, 1.82) is 5.26 Å². The number of nitriles is 1. The molecule has 1 amide bonds. The molecule has 1 aromatic carbocycles. The number of ether oxygens (including phenoxy) is 4. The molecule has 2 aromatic heterocycles. The number of rotatable bonds is 6. The molecule has 3 aromatic rings. The number of H-pyrrole nitrogens is 1. The van der Waals surface area contributed by atoms with Gasteiger partial charge in [0, 0.05) is 37.1 Å². The fourth-order valence-electron chi connectivity index (χ4n) is 4.49. The third kappa shape index (κ3) is 4.78. The van der Waals surface area contributed by atoms with E-state index in [1.54, 1.807) is 31.5 Å². The standard InChI is InChI=1S/C25H23N7O7/c1-2-37-18-12-15(11-17(32(34)35)22(18)38-25(33)31-7-9-36-10-8-31)19-16(13-26)23(27)39-24-20(19)21(29-30-24)14-3-5-28-6-4-14/h3-6,11-12,19H,2,7-10,27H2,1H3,(H,29,30)/t19-/m1/s1. The molecule has 0 spiro atoms. The van der Waals surface area contributed by atoms with Crippen LogP contribution in [0.4, 0.5) is 10.5 Å². The van der Waals surface area contributed by atoms with Gasteiger partial charge in [-0.05, 0) is 30.7 Å². The second kappa shape index (κ2) is 10.7. The number of nitrogens with one attached hydrogen (secondary N) is 1. The molecular formula is C25H23N7O7. The zero-order valence-corrected chi connectivity index (χ0v) is 20.7. The largest absolute Gasteiger partial charge is 0.490 e. The van der Waals surface area contributed by atoms with Gasteiger partial charge in [-0.2, -0.15) is 5.26 Å². The number of fused-ring (bicyclic) bond motifs is 1. The van der Waals surface area contributed by atoms with E-state index in [4.69, 9.17) is 24.7 Å². The van der Waals surface area contributed by atoms with Crippen LogP contribution in [0.5, 0.6) is 17.4 Å². The molecule has 3 N–H and O–H groups in total. The summed E-state index contributed by atoms with van der Waals surface area (Å²) in [6.07, 6.45) is 2.42. The molecule has 200 valence electrons. The number of carbonyl (C=O) groups excluding carboxylic acids is 1. The van der Waals surface area contributed by atoms with Gasteiger partial charge in [0.2, 0.25) is 11.8 Å². The maximum Gasteiger partial charge on any atom is 0.415 e. The highest BCUT2D eigenvalue weighted by Gasteiger charge is 2.38. The lowest BCUT2D eigenvalue weighted by molar-refractivity contribution is -0.385. The first-order valence-electron chi connectivity index (χ1n) is 12.0. The number of nitrogens with two attached hydrogens (primary N) is 1. The summed E-state index contributed by atoms with van der Waals surface area (Å²) >= 11 is 0. The van der Waals surface area contributed by atoms with E-state index >= 15 is 0 Å². The summed E-state index contributed by atoms with van der Waals surface area (Å²) in [5.41, 5.74) is 7.52. The predicted molar refractivity (Wildman–Crippen MR) is 134 cm³/mol. The highest BCUT2D eigenvalue weighted by molar-refractivity contribution is 5.76. The molecule has 14 heteroatoms. The van der Waals surface area contributed by atoms with Gasteiger partial charge < -0.3 is 29.6 Å². The van der Waals surface area contributed by atoms with Gasteiger partial charge in [0.15, 0.2) is 5.75 Å². The maximum absolute atomic E-state index is 12.8. The van der Waals surface area contributed by atoms with E-state index in [9.17, 15) is 20.2 Å². The lowest BCUT2D eigenvalue weighted by atomic mass is 9.82. The predicted octanol–water partition coefficient (Wildman–Crippen LogP) is 2.83. The Kier molecular flexibility index (Phi) is 6.98. The van der Waals surface area contributed by atoms with Crippen LogP contribution in [0.15, 0.2) is 48.1 Å². The molecule has 0 bridgehead atoms. The summed E-state index contributed by atoms with van der Waals surface area (Å²) in [4.78, 5) is 29.8. The minimum Gasteiger partial charge on any atom is -0.490 e. The summed E-state index contributed by atoms with van der Waals surface area (Å²) in [6.45, 7) is 3.04. The molecule has 2 aliphatic heterocycles. The van der Waals surface area contributed by atoms with Crippen LogP contribution in [-0.2, 0) is 4.74 Å². The van der Waals surface area contributed by atoms with Gasteiger partial charge in [-0.15, -0.1) is 5.10 Å². The molecule has 0 unspecified atom stereocenters. The molecular weight excluding hydrogens is 510 g/mol. The van der Waals surface area contributed by atoms with Crippen molar-refractivity contribution in [3.8, 4) is 34.7 Å². The summed E-state index contributed by atoms with van der Waals surface area (Å²) in [6, 6.07) is 8.26. The number of aromatic amines is 1. The zero-order valence-electron chi connectivity index (χ0n) is 20.7. The van der Waals surface area contributed by atoms with Crippen LogP contribution in [0.2, 0.25) is 0 Å². The van der Waals surface area contributed by atoms with E-state index in [2.05, 4.69) is 21.3 Å². The molecule has 5 rings (SSSR count). The Balaban J connectivity index is 1.66. The van der Waals surface area contributed by atoms with Crippen molar-refractivity contribution in [2.45, 2.75) is 12.8 Å². The van der Waals surface area contributed by atoms with Gasteiger partial charge in [0.25, 0.3) is 5.75 Å². The lowest BCUT2D eigenvalue weighted by Crippen LogP contribution is -2.42. The van der Waals surface area contributed by atoms with Crippen LogP contribution < -0.4 is 19.9 Å². The third-order valence-electron chi connectivity index (χ3n) is 6.25. The maximum atomic E-state index is 12.8. The first kappa shape index (κ1) is 25.5. The normalized spacial score (nSPS) is 16.6. The number of hydrogen-bond acceptors (Lipinski definition) is 11. The minimum absolute atomic E-state index is 0.0222. The SMILES string of the molecule is CCOc1cc([C@@H]2C(C#N)=C(N)Oc3n[nH]c(-c4ccncc4)c32)cc([N+](=O)[O-])c1OC(=O)N1CCOCC1. The van der Waals surface area contributed by atoms with Crippen LogP contribution in [0.25, 0.3) is 11.3 Å².